The highest BCUT2D eigenvalue weighted by atomic mass is 32.2. The Morgan fingerprint density at radius 3 is 2.38 bits per heavy atom. The normalized spacial score (nSPS) is 19.8. The minimum atomic E-state index is -3.57. The van der Waals surface area contributed by atoms with E-state index in [9.17, 15) is 18.0 Å². The first-order valence-electron chi connectivity index (χ1n) is 6.83. The van der Waals surface area contributed by atoms with Crippen LogP contribution in [0.5, 0.6) is 0 Å². The second-order valence-corrected chi connectivity index (χ2v) is 7.41. The van der Waals surface area contributed by atoms with Crippen molar-refractivity contribution in [2.75, 3.05) is 20.1 Å². The Bertz CT molecular complexity index is 735. The summed E-state index contributed by atoms with van der Waals surface area (Å²) in [6, 6.07) is 4.13. The number of hydrogen-bond acceptors (Lipinski definition) is 4. The van der Waals surface area contributed by atoms with Gasteiger partial charge < -0.3 is 0 Å². The zero-order chi connectivity index (χ0) is 15.4. The molecule has 21 heavy (non-hydrogen) atoms. The van der Waals surface area contributed by atoms with Crippen LogP contribution in [0.1, 0.15) is 34.1 Å². The molecule has 0 radical (unpaired) electrons. The van der Waals surface area contributed by atoms with Crippen LogP contribution in [0.15, 0.2) is 23.1 Å². The molecule has 1 saturated heterocycles. The van der Waals surface area contributed by atoms with Gasteiger partial charge in [0.1, 0.15) is 0 Å². The molecule has 1 aromatic carbocycles. The molecule has 3 rings (SSSR count). The summed E-state index contributed by atoms with van der Waals surface area (Å²) >= 11 is 0. The number of carbonyl (C=O) groups is 2. The Labute approximate surface area is 123 Å². The van der Waals surface area contributed by atoms with Crippen molar-refractivity contribution >= 4 is 21.8 Å². The molecule has 7 heteroatoms. The molecular formula is C14H16N2O4S. The van der Waals surface area contributed by atoms with E-state index in [4.69, 9.17) is 0 Å². The Hall–Kier alpha value is -1.73. The number of carbonyl (C=O) groups excluding carboxylic acids is 2. The first-order valence-corrected chi connectivity index (χ1v) is 8.27. The van der Waals surface area contributed by atoms with Crippen LogP contribution in [0.4, 0.5) is 0 Å². The van der Waals surface area contributed by atoms with E-state index >= 15 is 0 Å². The Kier molecular flexibility index (Phi) is 3.14. The van der Waals surface area contributed by atoms with Crippen molar-refractivity contribution in [2.45, 2.75) is 18.2 Å². The van der Waals surface area contributed by atoms with Crippen molar-refractivity contribution in [1.82, 2.24) is 9.21 Å². The van der Waals surface area contributed by atoms with Crippen LogP contribution in [0, 0.1) is 5.92 Å². The van der Waals surface area contributed by atoms with Gasteiger partial charge in [-0.3, -0.25) is 14.5 Å². The molecule has 1 fully saturated rings. The van der Waals surface area contributed by atoms with E-state index in [2.05, 4.69) is 0 Å². The van der Waals surface area contributed by atoms with Crippen LogP contribution in [0.2, 0.25) is 0 Å². The van der Waals surface area contributed by atoms with Gasteiger partial charge in [0.2, 0.25) is 10.0 Å². The second-order valence-electron chi connectivity index (χ2n) is 5.47. The predicted octanol–water partition coefficient (Wildman–Crippen LogP) is 0.943. The molecule has 0 spiro atoms. The molecule has 6 nitrogen and oxygen atoms in total. The zero-order valence-electron chi connectivity index (χ0n) is 11.9. The third kappa shape index (κ3) is 1.99. The summed E-state index contributed by atoms with van der Waals surface area (Å²) < 4.78 is 26.3. The Balaban J connectivity index is 1.96. The molecule has 0 saturated carbocycles. The first kappa shape index (κ1) is 14.2. The van der Waals surface area contributed by atoms with E-state index in [1.807, 2.05) is 6.92 Å². The summed E-state index contributed by atoms with van der Waals surface area (Å²) in [7, 11) is -2.18. The lowest BCUT2D eigenvalue weighted by Gasteiger charge is -2.37. The molecule has 0 bridgehead atoms. The van der Waals surface area contributed by atoms with Crippen molar-refractivity contribution in [3.8, 4) is 0 Å². The van der Waals surface area contributed by atoms with E-state index in [0.29, 0.717) is 19.0 Å². The van der Waals surface area contributed by atoms with Crippen LogP contribution in [-0.4, -0.2) is 49.6 Å². The number of imide groups is 1. The average molecular weight is 308 g/mol. The largest absolute Gasteiger partial charge is 0.277 e. The summed E-state index contributed by atoms with van der Waals surface area (Å²) in [6.45, 7) is 3.07. The van der Waals surface area contributed by atoms with Crippen molar-refractivity contribution in [2.24, 2.45) is 5.92 Å². The highest BCUT2D eigenvalue weighted by molar-refractivity contribution is 7.89. The van der Waals surface area contributed by atoms with E-state index in [1.165, 1.54) is 29.6 Å². The van der Waals surface area contributed by atoms with Gasteiger partial charge in [-0.25, -0.2) is 8.42 Å². The lowest BCUT2D eigenvalue weighted by Crippen LogP contribution is -2.49. The minimum Gasteiger partial charge on any atom is -0.277 e. The smallest absolute Gasteiger partial charge is 0.261 e. The maximum absolute atomic E-state index is 12.5. The maximum atomic E-state index is 12.5. The molecule has 1 aromatic rings. The van der Waals surface area contributed by atoms with Gasteiger partial charge in [-0.05, 0) is 24.1 Å². The highest BCUT2D eigenvalue weighted by Gasteiger charge is 2.38. The van der Waals surface area contributed by atoms with E-state index in [1.54, 1.807) is 0 Å². The van der Waals surface area contributed by atoms with Crippen LogP contribution in [0.3, 0.4) is 0 Å². The Morgan fingerprint density at radius 1 is 1.14 bits per heavy atom. The number of hydrogen-bond donors (Lipinski definition) is 0. The number of sulfonamides is 1. The second kappa shape index (κ2) is 4.64. The first-order chi connectivity index (χ1) is 9.86. The van der Waals surface area contributed by atoms with Crippen LogP contribution in [-0.2, 0) is 10.0 Å². The monoisotopic (exact) mass is 308 g/mol. The summed E-state index contributed by atoms with van der Waals surface area (Å²) in [5, 5.41) is 0. The quantitative estimate of drug-likeness (QED) is 0.779. The minimum absolute atomic E-state index is 0.0762. The maximum Gasteiger partial charge on any atom is 0.261 e. The van der Waals surface area contributed by atoms with Crippen LogP contribution < -0.4 is 0 Å². The molecule has 2 aliphatic heterocycles. The zero-order valence-corrected chi connectivity index (χ0v) is 12.7. The number of amides is 2. The summed E-state index contributed by atoms with van der Waals surface area (Å²) in [4.78, 5) is 24.8. The lowest BCUT2D eigenvalue weighted by molar-refractivity contribution is 0.0693. The number of rotatable bonds is 3. The summed E-state index contributed by atoms with van der Waals surface area (Å²) in [6.07, 6.45) is 0.952. The van der Waals surface area contributed by atoms with Crippen LogP contribution in [0.25, 0.3) is 0 Å². The molecule has 2 amide bonds. The topological polar surface area (TPSA) is 74.8 Å². The molecule has 0 atom stereocenters. The molecule has 112 valence electrons. The van der Waals surface area contributed by atoms with Gasteiger partial charge in [-0.2, -0.15) is 4.31 Å². The molecule has 0 unspecified atom stereocenters. The van der Waals surface area contributed by atoms with Crippen LogP contribution >= 0.6 is 0 Å². The van der Waals surface area contributed by atoms with Gasteiger partial charge in [-0.15, -0.1) is 0 Å². The summed E-state index contributed by atoms with van der Waals surface area (Å²) in [5.74, 6) is -0.445. The van der Waals surface area contributed by atoms with E-state index in [0.717, 1.165) is 11.3 Å². The SMILES string of the molecule is CCC1CN(S(=O)(=O)c2ccc3c(c2)C(=O)N(C)C3=O)C1. The fourth-order valence-corrected chi connectivity index (χ4v) is 4.25. The van der Waals surface area contributed by atoms with Crippen molar-refractivity contribution in [3.63, 3.8) is 0 Å². The van der Waals surface area contributed by atoms with Crippen molar-refractivity contribution in [1.29, 1.82) is 0 Å². The number of fused-ring (bicyclic) bond motifs is 1. The van der Waals surface area contributed by atoms with Gasteiger partial charge in [0.25, 0.3) is 11.8 Å². The van der Waals surface area contributed by atoms with E-state index in [-0.39, 0.29) is 16.0 Å². The Morgan fingerprint density at radius 2 is 1.76 bits per heavy atom. The molecule has 0 aliphatic carbocycles. The molecular weight excluding hydrogens is 292 g/mol. The third-order valence-electron chi connectivity index (χ3n) is 4.20. The fraction of sp³-hybridized carbons (Fsp3) is 0.429. The molecule has 2 aliphatic rings. The van der Waals surface area contributed by atoms with Gasteiger partial charge in [0.05, 0.1) is 16.0 Å². The predicted molar refractivity (Wildman–Crippen MR) is 75.4 cm³/mol. The average Bonchev–Trinajstić information content (AvgIpc) is 2.62. The van der Waals surface area contributed by atoms with E-state index < -0.39 is 21.8 Å². The number of benzene rings is 1. The fourth-order valence-electron chi connectivity index (χ4n) is 2.63. The van der Waals surface area contributed by atoms with Crippen molar-refractivity contribution < 1.29 is 18.0 Å². The summed E-state index contributed by atoms with van der Waals surface area (Å²) in [5.41, 5.74) is 0.424. The van der Waals surface area contributed by atoms with Gasteiger partial charge in [0, 0.05) is 20.1 Å². The third-order valence-corrected chi connectivity index (χ3v) is 6.03. The molecule has 0 aromatic heterocycles. The number of nitrogens with zero attached hydrogens (tertiary/aromatic N) is 2. The highest BCUT2D eigenvalue weighted by Crippen LogP contribution is 2.30. The molecule has 0 N–H and O–H groups in total. The molecule has 2 heterocycles. The lowest BCUT2D eigenvalue weighted by atomic mass is 10.0. The van der Waals surface area contributed by atoms with Gasteiger partial charge in [-0.1, -0.05) is 13.3 Å². The van der Waals surface area contributed by atoms with Crippen molar-refractivity contribution in [3.05, 3.63) is 29.3 Å². The van der Waals surface area contributed by atoms with Gasteiger partial charge >= 0.3 is 0 Å². The standard InChI is InChI=1S/C14H16N2O4S/c1-3-9-7-16(8-9)21(19,20)10-4-5-11-12(6-10)14(18)15(2)13(11)17/h4-6,9H,3,7-8H2,1-2H3. The van der Waals surface area contributed by atoms with Gasteiger partial charge in [0.15, 0.2) is 0 Å².